The molecule has 0 saturated carbocycles. The molecule has 0 atom stereocenters. The van der Waals surface area contributed by atoms with Gasteiger partial charge in [0.2, 0.25) is 5.65 Å². The summed E-state index contributed by atoms with van der Waals surface area (Å²) in [5.41, 5.74) is 3.12. The predicted molar refractivity (Wildman–Crippen MR) is 78.0 cm³/mol. The number of anilines is 2. The first kappa shape index (κ1) is 11.8. The number of nitrogens with one attached hydrogen (secondary N) is 1. The average Bonchev–Trinajstić information content (AvgIpc) is 3.00. The summed E-state index contributed by atoms with van der Waals surface area (Å²) in [7, 11) is 0. The molecule has 0 unspecified atom stereocenters. The first-order chi connectivity index (χ1) is 10.3. The predicted octanol–water partition coefficient (Wildman–Crippen LogP) is 3.16. The van der Waals surface area contributed by atoms with Gasteiger partial charge in [-0.2, -0.15) is 0 Å². The maximum Gasteiger partial charge on any atom is 0.204 e. The molecule has 4 rings (SSSR count). The van der Waals surface area contributed by atoms with Crippen molar-refractivity contribution in [2.45, 2.75) is 0 Å². The fraction of sp³-hybridized carbons (Fsp3) is 0. The molecule has 21 heavy (non-hydrogen) atoms. The van der Waals surface area contributed by atoms with Crippen molar-refractivity contribution in [3.8, 4) is 0 Å². The maximum absolute atomic E-state index is 13.0. The molecule has 2 aromatic heterocycles. The van der Waals surface area contributed by atoms with Crippen molar-refractivity contribution in [3.63, 3.8) is 0 Å². The maximum atomic E-state index is 13.0. The fourth-order valence-corrected chi connectivity index (χ4v) is 2.26. The Morgan fingerprint density at radius 1 is 1.00 bits per heavy atom. The van der Waals surface area contributed by atoms with Gasteiger partial charge in [-0.1, -0.05) is 12.1 Å². The minimum Gasteiger partial charge on any atom is -0.337 e. The third-order valence-electron chi connectivity index (χ3n) is 3.24. The van der Waals surface area contributed by atoms with Gasteiger partial charge in [0.1, 0.15) is 12.1 Å². The van der Waals surface area contributed by atoms with Crippen molar-refractivity contribution < 1.29 is 4.39 Å². The molecule has 6 heteroatoms. The van der Waals surface area contributed by atoms with E-state index in [4.69, 9.17) is 0 Å². The summed E-state index contributed by atoms with van der Waals surface area (Å²) in [5.74, 6) is 0.303. The summed E-state index contributed by atoms with van der Waals surface area (Å²) in [6.45, 7) is 0. The van der Waals surface area contributed by atoms with Gasteiger partial charge in [0, 0.05) is 5.69 Å². The molecule has 4 aromatic rings. The van der Waals surface area contributed by atoms with E-state index in [1.165, 1.54) is 12.1 Å². The van der Waals surface area contributed by atoms with E-state index < -0.39 is 0 Å². The number of hydrogen-bond donors (Lipinski definition) is 1. The van der Waals surface area contributed by atoms with E-state index in [0.29, 0.717) is 11.5 Å². The lowest BCUT2D eigenvalue weighted by Gasteiger charge is -2.08. The van der Waals surface area contributed by atoms with E-state index in [1.54, 1.807) is 18.5 Å². The van der Waals surface area contributed by atoms with Crippen LogP contribution < -0.4 is 5.32 Å². The van der Waals surface area contributed by atoms with Gasteiger partial charge in [-0.15, -0.1) is 10.2 Å². The smallest absolute Gasteiger partial charge is 0.204 e. The molecule has 0 amide bonds. The van der Waals surface area contributed by atoms with Gasteiger partial charge in [-0.25, -0.2) is 9.37 Å². The lowest BCUT2D eigenvalue weighted by molar-refractivity contribution is 0.628. The number of benzene rings is 2. The Morgan fingerprint density at radius 3 is 2.67 bits per heavy atom. The highest BCUT2D eigenvalue weighted by Gasteiger charge is 2.10. The number of nitrogens with zero attached hydrogens (tertiary/aromatic N) is 4. The molecule has 0 bridgehead atoms. The standard InChI is InChI=1S/C15H10FN5/c16-10-5-7-11(8-6-10)18-14-15-20-17-9-21(15)13-4-2-1-3-12(13)19-14/h1-9H,(H,18,19). The molecule has 1 N–H and O–H groups in total. The normalized spacial score (nSPS) is 11.1. The summed E-state index contributed by atoms with van der Waals surface area (Å²) >= 11 is 0. The lowest BCUT2D eigenvalue weighted by atomic mass is 10.3. The van der Waals surface area contributed by atoms with E-state index in [-0.39, 0.29) is 5.82 Å². The third-order valence-corrected chi connectivity index (χ3v) is 3.24. The second-order valence-electron chi connectivity index (χ2n) is 4.61. The number of aromatic nitrogens is 4. The Hall–Kier alpha value is -3.02. The van der Waals surface area contributed by atoms with Gasteiger partial charge in [0.05, 0.1) is 11.0 Å². The Bertz CT molecular complexity index is 930. The Balaban J connectivity index is 1.90. The molecule has 5 nitrogen and oxygen atoms in total. The average molecular weight is 279 g/mol. The summed E-state index contributed by atoms with van der Waals surface area (Å²) in [6.07, 6.45) is 1.65. The second-order valence-corrected chi connectivity index (χ2v) is 4.61. The zero-order chi connectivity index (χ0) is 14.2. The summed E-state index contributed by atoms with van der Waals surface area (Å²) in [6, 6.07) is 13.8. The molecule has 0 spiro atoms. The molecular weight excluding hydrogens is 269 g/mol. The minimum atomic E-state index is -0.278. The van der Waals surface area contributed by atoms with Crippen LogP contribution in [0.25, 0.3) is 16.7 Å². The second kappa shape index (κ2) is 4.52. The third kappa shape index (κ3) is 1.97. The van der Waals surface area contributed by atoms with Crippen molar-refractivity contribution in [2.75, 3.05) is 5.32 Å². The van der Waals surface area contributed by atoms with E-state index in [0.717, 1.165) is 16.7 Å². The van der Waals surface area contributed by atoms with Crippen LogP contribution in [0.4, 0.5) is 15.9 Å². The van der Waals surface area contributed by atoms with Crippen LogP contribution in [-0.4, -0.2) is 19.6 Å². The number of halogens is 1. The number of fused-ring (bicyclic) bond motifs is 3. The number of hydrogen-bond acceptors (Lipinski definition) is 4. The summed E-state index contributed by atoms with van der Waals surface area (Å²) in [4.78, 5) is 4.57. The fourth-order valence-electron chi connectivity index (χ4n) is 2.26. The molecule has 0 aliphatic carbocycles. The zero-order valence-corrected chi connectivity index (χ0v) is 10.9. The molecule has 0 aliphatic rings. The SMILES string of the molecule is Fc1ccc(Nc2nc3ccccc3n3cnnc23)cc1. The van der Waals surface area contributed by atoms with Crippen LogP contribution in [0, 0.1) is 5.82 Å². The lowest BCUT2D eigenvalue weighted by Crippen LogP contribution is -1.99. The van der Waals surface area contributed by atoms with Crippen LogP contribution in [0.5, 0.6) is 0 Å². The number of para-hydroxylation sites is 2. The van der Waals surface area contributed by atoms with Gasteiger partial charge < -0.3 is 5.32 Å². The Morgan fingerprint density at radius 2 is 1.81 bits per heavy atom. The Kier molecular flexibility index (Phi) is 2.53. The topological polar surface area (TPSA) is 55.1 Å². The summed E-state index contributed by atoms with van der Waals surface area (Å²) < 4.78 is 14.8. The van der Waals surface area contributed by atoms with Crippen LogP contribution in [0.15, 0.2) is 54.9 Å². The van der Waals surface area contributed by atoms with E-state index in [9.17, 15) is 4.39 Å². The molecule has 0 radical (unpaired) electrons. The van der Waals surface area contributed by atoms with Crippen LogP contribution in [0.3, 0.4) is 0 Å². The molecule has 0 fully saturated rings. The van der Waals surface area contributed by atoms with Crippen LogP contribution in [0.2, 0.25) is 0 Å². The molecule has 102 valence electrons. The Labute approximate surface area is 119 Å². The van der Waals surface area contributed by atoms with Gasteiger partial charge >= 0.3 is 0 Å². The summed E-state index contributed by atoms with van der Waals surface area (Å²) in [5, 5.41) is 11.2. The van der Waals surface area contributed by atoms with E-state index in [2.05, 4.69) is 20.5 Å². The van der Waals surface area contributed by atoms with Crippen molar-refractivity contribution >= 4 is 28.2 Å². The first-order valence-corrected chi connectivity index (χ1v) is 6.42. The van der Waals surface area contributed by atoms with Crippen molar-refractivity contribution in [2.24, 2.45) is 0 Å². The van der Waals surface area contributed by atoms with Gasteiger partial charge in [-0.3, -0.25) is 4.40 Å². The van der Waals surface area contributed by atoms with Gasteiger partial charge in [-0.05, 0) is 36.4 Å². The number of rotatable bonds is 2. The highest BCUT2D eigenvalue weighted by atomic mass is 19.1. The quantitative estimate of drug-likeness (QED) is 0.612. The molecule has 0 aliphatic heterocycles. The highest BCUT2D eigenvalue weighted by Crippen LogP contribution is 2.23. The zero-order valence-electron chi connectivity index (χ0n) is 10.9. The van der Waals surface area contributed by atoms with E-state index in [1.807, 2.05) is 28.7 Å². The van der Waals surface area contributed by atoms with Gasteiger partial charge in [0.25, 0.3) is 0 Å². The van der Waals surface area contributed by atoms with Crippen molar-refractivity contribution in [3.05, 3.63) is 60.7 Å². The van der Waals surface area contributed by atoms with Crippen molar-refractivity contribution in [1.82, 2.24) is 19.6 Å². The minimum absolute atomic E-state index is 0.278. The van der Waals surface area contributed by atoms with Crippen LogP contribution in [-0.2, 0) is 0 Å². The monoisotopic (exact) mass is 279 g/mol. The largest absolute Gasteiger partial charge is 0.337 e. The highest BCUT2D eigenvalue weighted by molar-refractivity contribution is 5.83. The van der Waals surface area contributed by atoms with Gasteiger partial charge in [0.15, 0.2) is 5.82 Å². The molecular formula is C15H10FN5. The van der Waals surface area contributed by atoms with Crippen LogP contribution >= 0.6 is 0 Å². The first-order valence-electron chi connectivity index (χ1n) is 6.42. The molecule has 2 aromatic carbocycles. The van der Waals surface area contributed by atoms with E-state index >= 15 is 0 Å². The van der Waals surface area contributed by atoms with Crippen LogP contribution in [0.1, 0.15) is 0 Å². The van der Waals surface area contributed by atoms with Crippen molar-refractivity contribution in [1.29, 1.82) is 0 Å². The molecule has 0 saturated heterocycles. The molecule has 2 heterocycles.